The number of methoxy groups -OCH3 is 1. The summed E-state index contributed by atoms with van der Waals surface area (Å²) in [4.78, 5) is 45.2. The highest BCUT2D eigenvalue weighted by molar-refractivity contribution is 6.21. The summed E-state index contributed by atoms with van der Waals surface area (Å²) in [5.41, 5.74) is 2.34. The molecule has 0 unspecified atom stereocenters. The molecule has 3 aromatic rings. The van der Waals surface area contributed by atoms with Crippen molar-refractivity contribution in [3.63, 3.8) is 0 Å². The molecule has 2 aliphatic heterocycles. The normalized spacial score (nSPS) is 16.5. The van der Waals surface area contributed by atoms with Gasteiger partial charge in [0.15, 0.2) is 23.1 Å². The van der Waals surface area contributed by atoms with Crippen LogP contribution in [-0.2, 0) is 25.5 Å². The number of nitrogens with zero attached hydrogens (tertiary/aromatic N) is 2. The monoisotopic (exact) mass is 549 g/mol. The van der Waals surface area contributed by atoms with E-state index in [1.807, 2.05) is 0 Å². The number of esters is 1. The lowest BCUT2D eigenvalue weighted by molar-refractivity contribution is -0.140. The van der Waals surface area contributed by atoms with Gasteiger partial charge in [0.1, 0.15) is 6.54 Å². The van der Waals surface area contributed by atoms with Gasteiger partial charge in [-0.15, -0.1) is 0 Å². The Labute approximate surface area is 228 Å². The van der Waals surface area contributed by atoms with Crippen LogP contribution in [0.5, 0.6) is 11.5 Å². The first-order valence-corrected chi connectivity index (χ1v) is 12.4. The number of benzene rings is 3. The minimum Gasteiger partial charge on any atom is -0.468 e. The molecule has 0 radical (unpaired) electrons. The number of carbonyl (C=O) groups excluding carboxylic acids is 3. The maximum absolute atomic E-state index is 13.8. The van der Waals surface area contributed by atoms with Crippen LogP contribution < -0.4 is 19.7 Å². The Kier molecular flexibility index (Phi) is 7.45. The number of amides is 2. The van der Waals surface area contributed by atoms with Crippen molar-refractivity contribution < 1.29 is 37.4 Å². The second kappa shape index (κ2) is 11.1. The average Bonchev–Trinajstić information content (AvgIpc) is 3.39. The average molecular weight is 550 g/mol. The molecular formula is C29H25F2N3O6. The van der Waals surface area contributed by atoms with Gasteiger partial charge in [-0.3, -0.25) is 19.3 Å². The molecule has 5 rings (SSSR count). The molecule has 3 aromatic carbocycles. The van der Waals surface area contributed by atoms with Crippen LogP contribution in [0.25, 0.3) is 0 Å². The van der Waals surface area contributed by atoms with Gasteiger partial charge in [0.05, 0.1) is 18.5 Å². The van der Waals surface area contributed by atoms with Gasteiger partial charge in [-0.1, -0.05) is 31.2 Å². The number of benzodiazepines with no additional fused rings is 1. The van der Waals surface area contributed by atoms with Gasteiger partial charge in [0.25, 0.3) is 5.91 Å². The number of anilines is 1. The van der Waals surface area contributed by atoms with Crippen molar-refractivity contribution in [2.24, 2.45) is 10.9 Å². The Morgan fingerprint density at radius 2 is 1.85 bits per heavy atom. The molecule has 0 aliphatic carbocycles. The van der Waals surface area contributed by atoms with E-state index in [0.29, 0.717) is 39.6 Å². The fourth-order valence-electron chi connectivity index (χ4n) is 4.54. The number of halogens is 2. The molecule has 0 spiro atoms. The number of fused-ring (bicyclic) bond motifs is 2. The van der Waals surface area contributed by atoms with Crippen LogP contribution in [0, 0.1) is 17.6 Å². The first-order chi connectivity index (χ1) is 19.2. The molecule has 0 fully saturated rings. The lowest BCUT2D eigenvalue weighted by Crippen LogP contribution is -2.50. The molecule has 0 aromatic heterocycles. The molecular weight excluding hydrogens is 524 g/mol. The van der Waals surface area contributed by atoms with E-state index in [2.05, 4.69) is 10.3 Å². The zero-order chi connectivity index (χ0) is 28.4. The summed E-state index contributed by atoms with van der Waals surface area (Å²) in [6.45, 7) is 1.26. The van der Waals surface area contributed by atoms with Gasteiger partial charge in [0.2, 0.25) is 18.9 Å². The zero-order valence-corrected chi connectivity index (χ0v) is 21.6. The van der Waals surface area contributed by atoms with E-state index in [9.17, 15) is 23.2 Å². The van der Waals surface area contributed by atoms with Gasteiger partial charge in [-0.2, -0.15) is 0 Å². The second-order valence-corrected chi connectivity index (χ2v) is 9.33. The van der Waals surface area contributed by atoms with E-state index in [-0.39, 0.29) is 13.2 Å². The van der Waals surface area contributed by atoms with Crippen LogP contribution in [0.1, 0.15) is 23.6 Å². The topological polar surface area (TPSA) is 107 Å². The van der Waals surface area contributed by atoms with E-state index in [1.54, 1.807) is 49.4 Å². The Morgan fingerprint density at radius 1 is 1.07 bits per heavy atom. The smallest absolute Gasteiger partial charge is 0.325 e. The highest BCUT2D eigenvalue weighted by Crippen LogP contribution is 2.35. The van der Waals surface area contributed by atoms with E-state index in [1.165, 1.54) is 18.1 Å². The molecule has 2 amide bonds. The number of carbonyl (C=O) groups is 3. The number of aliphatic imine (C=N–C) groups is 1. The van der Waals surface area contributed by atoms with Crippen molar-refractivity contribution in [3.05, 3.63) is 89.0 Å². The third-order valence-corrected chi connectivity index (χ3v) is 6.62. The first-order valence-electron chi connectivity index (χ1n) is 12.4. The molecule has 11 heteroatoms. The second-order valence-electron chi connectivity index (χ2n) is 9.33. The van der Waals surface area contributed by atoms with E-state index in [0.717, 1.165) is 12.1 Å². The van der Waals surface area contributed by atoms with Gasteiger partial charge < -0.3 is 19.5 Å². The van der Waals surface area contributed by atoms with Crippen molar-refractivity contribution in [3.8, 4) is 11.5 Å². The van der Waals surface area contributed by atoms with Gasteiger partial charge in [0, 0.05) is 17.0 Å². The maximum atomic E-state index is 13.8. The highest BCUT2D eigenvalue weighted by atomic mass is 19.2. The number of hydrogen-bond donors (Lipinski definition) is 1. The molecule has 2 heterocycles. The fraction of sp³-hybridized carbons (Fsp3) is 0.241. The van der Waals surface area contributed by atoms with Crippen LogP contribution in [-0.4, -0.2) is 50.1 Å². The third kappa shape index (κ3) is 5.35. The van der Waals surface area contributed by atoms with E-state index < -0.39 is 48.0 Å². The number of ether oxygens (including phenoxy) is 3. The summed E-state index contributed by atoms with van der Waals surface area (Å²) >= 11 is 0. The highest BCUT2D eigenvalue weighted by Gasteiger charge is 2.35. The van der Waals surface area contributed by atoms with Crippen LogP contribution in [0.2, 0.25) is 0 Å². The number of rotatable bonds is 7. The number of para-hydroxylation sites is 1. The largest absolute Gasteiger partial charge is 0.468 e. The summed E-state index contributed by atoms with van der Waals surface area (Å²) in [5.74, 6) is -3.51. The molecule has 2 aliphatic rings. The predicted octanol–water partition coefficient (Wildman–Crippen LogP) is 3.37. The molecule has 40 heavy (non-hydrogen) atoms. The molecule has 0 saturated carbocycles. The molecule has 1 N–H and O–H groups in total. The van der Waals surface area contributed by atoms with Crippen LogP contribution in [0.3, 0.4) is 0 Å². The van der Waals surface area contributed by atoms with Crippen LogP contribution in [0.15, 0.2) is 65.7 Å². The summed E-state index contributed by atoms with van der Waals surface area (Å²) in [7, 11) is 1.21. The standard InChI is InChI=1S/C29H25F2N3O6/c1-16(11-17-7-9-20(30)21(31)12-17)28(36)33-27-29(37)34(14-25(35)38-2)22-6-4-3-5-19(22)26(32-27)18-8-10-23-24(13-18)40-15-39-23/h3-10,12-13,16,27H,11,14-15H2,1-2H3,(H,33,36)/t16-,27+/m0/s1. The first kappa shape index (κ1) is 26.8. The minimum atomic E-state index is -1.41. The van der Waals surface area contributed by atoms with E-state index >= 15 is 0 Å². The van der Waals surface area contributed by atoms with Crippen molar-refractivity contribution in [1.82, 2.24) is 5.32 Å². The third-order valence-electron chi connectivity index (χ3n) is 6.62. The minimum absolute atomic E-state index is 0.0712. The summed E-state index contributed by atoms with van der Waals surface area (Å²) in [6, 6.07) is 15.5. The quantitative estimate of drug-likeness (QED) is 0.453. The van der Waals surface area contributed by atoms with Gasteiger partial charge >= 0.3 is 5.97 Å². The summed E-state index contributed by atoms with van der Waals surface area (Å²) in [6.07, 6.45) is -1.31. The van der Waals surface area contributed by atoms with Crippen LogP contribution in [0.4, 0.5) is 14.5 Å². The Hall–Kier alpha value is -4.80. The van der Waals surface area contributed by atoms with E-state index in [4.69, 9.17) is 14.2 Å². The Bertz CT molecular complexity index is 1530. The number of nitrogens with one attached hydrogen (secondary N) is 1. The van der Waals surface area contributed by atoms with Gasteiger partial charge in [-0.25, -0.2) is 13.8 Å². The SMILES string of the molecule is COC(=O)CN1C(=O)[C@@H](NC(=O)[C@@H](C)Cc2ccc(F)c(F)c2)N=C(c2ccc3c(c2)OCO3)c2ccccc21. The molecule has 206 valence electrons. The van der Waals surface area contributed by atoms with Crippen molar-refractivity contribution in [2.45, 2.75) is 19.5 Å². The zero-order valence-electron chi connectivity index (χ0n) is 21.6. The van der Waals surface area contributed by atoms with Crippen molar-refractivity contribution >= 4 is 29.2 Å². The molecule has 2 atom stereocenters. The van der Waals surface area contributed by atoms with Gasteiger partial charge in [-0.05, 0) is 48.4 Å². The maximum Gasteiger partial charge on any atom is 0.325 e. The number of hydrogen-bond acceptors (Lipinski definition) is 7. The lowest BCUT2D eigenvalue weighted by atomic mass is 9.99. The summed E-state index contributed by atoms with van der Waals surface area (Å²) < 4.78 is 42.8. The fourth-order valence-corrected chi connectivity index (χ4v) is 4.54. The van der Waals surface area contributed by atoms with Crippen LogP contribution >= 0.6 is 0 Å². The predicted molar refractivity (Wildman–Crippen MR) is 140 cm³/mol. The molecule has 0 bridgehead atoms. The van der Waals surface area contributed by atoms with Crippen molar-refractivity contribution in [2.75, 3.05) is 25.3 Å². The lowest BCUT2D eigenvalue weighted by Gasteiger charge is -2.25. The Morgan fingerprint density at radius 3 is 2.62 bits per heavy atom. The Balaban J connectivity index is 1.51. The molecule has 9 nitrogen and oxygen atoms in total. The summed E-state index contributed by atoms with van der Waals surface area (Å²) in [5, 5.41) is 2.67. The van der Waals surface area contributed by atoms with Crippen molar-refractivity contribution in [1.29, 1.82) is 0 Å². The molecule has 0 saturated heterocycles.